The maximum Gasteiger partial charge on any atom is 0.322 e. The van der Waals surface area contributed by atoms with Crippen LogP contribution in [0.4, 0.5) is 9.80 Å². The molecule has 2 N–H and O–H groups in total. The molecule has 0 saturated carbocycles. The highest BCUT2D eigenvalue weighted by Crippen LogP contribution is 2.26. The number of anilines is 1. The number of aliphatic carboxylic acids is 1. The van der Waals surface area contributed by atoms with Crippen molar-refractivity contribution in [1.29, 1.82) is 0 Å². The maximum absolute atomic E-state index is 12.0. The molecule has 20 heavy (non-hydrogen) atoms. The number of hydrogen-bond donors (Lipinski definition) is 2. The number of carbonyl (C=O) groups excluding carboxylic acids is 1. The number of carboxylic acid groups (broad SMARTS) is 1. The second-order valence-electron chi connectivity index (χ2n) is 5.10. The predicted octanol–water partition coefficient (Wildman–Crippen LogP) is 2.59. The van der Waals surface area contributed by atoms with Gasteiger partial charge in [-0.1, -0.05) is 13.8 Å². The Hall–Kier alpha value is -1.63. The zero-order chi connectivity index (χ0) is 15.3. The zero-order valence-corrected chi connectivity index (χ0v) is 13.1. The van der Waals surface area contributed by atoms with E-state index in [0.29, 0.717) is 5.92 Å². The van der Waals surface area contributed by atoms with Crippen LogP contribution in [0.25, 0.3) is 0 Å². The van der Waals surface area contributed by atoms with Crippen molar-refractivity contribution in [3.05, 3.63) is 10.7 Å². The van der Waals surface area contributed by atoms with Gasteiger partial charge in [-0.3, -0.25) is 10.1 Å². The average Bonchev–Trinajstić information content (AvgIpc) is 2.65. The second-order valence-corrected chi connectivity index (χ2v) is 6.31. The lowest BCUT2D eigenvalue weighted by molar-refractivity contribution is -0.137. The molecule has 0 bridgehead atoms. The quantitative estimate of drug-likeness (QED) is 0.845. The van der Waals surface area contributed by atoms with Gasteiger partial charge in [-0.2, -0.15) is 0 Å². The van der Waals surface area contributed by atoms with E-state index in [1.165, 1.54) is 16.2 Å². The first-order valence-corrected chi connectivity index (χ1v) is 7.31. The maximum atomic E-state index is 12.0. The molecule has 0 atom stereocenters. The molecule has 0 fully saturated rings. The first-order valence-electron chi connectivity index (χ1n) is 6.49. The van der Waals surface area contributed by atoms with Gasteiger partial charge in [0.25, 0.3) is 0 Å². The van der Waals surface area contributed by atoms with E-state index in [-0.39, 0.29) is 19.0 Å². The lowest BCUT2D eigenvalue weighted by atomic mass is 10.1. The highest BCUT2D eigenvalue weighted by Gasteiger charge is 2.16. The Morgan fingerprint density at radius 3 is 2.65 bits per heavy atom. The van der Waals surface area contributed by atoms with Gasteiger partial charge < -0.3 is 10.0 Å². The van der Waals surface area contributed by atoms with Gasteiger partial charge in [-0.15, -0.1) is 11.3 Å². The molecule has 1 aromatic rings. The first-order chi connectivity index (χ1) is 9.29. The number of aromatic nitrogens is 1. The van der Waals surface area contributed by atoms with Crippen molar-refractivity contribution in [2.45, 2.75) is 33.6 Å². The van der Waals surface area contributed by atoms with Crippen molar-refractivity contribution in [2.24, 2.45) is 5.92 Å². The molecular formula is C13H21N3O3S. The van der Waals surface area contributed by atoms with Gasteiger partial charge in [0.2, 0.25) is 0 Å². The van der Waals surface area contributed by atoms with Gasteiger partial charge >= 0.3 is 12.0 Å². The van der Waals surface area contributed by atoms with Gasteiger partial charge in [0, 0.05) is 13.6 Å². The molecule has 112 valence electrons. The monoisotopic (exact) mass is 299 g/mol. The Balaban J connectivity index is 2.67. The molecule has 0 aromatic carbocycles. The molecule has 0 unspecified atom stereocenters. The van der Waals surface area contributed by atoms with E-state index in [1.54, 1.807) is 7.05 Å². The summed E-state index contributed by atoms with van der Waals surface area (Å²) in [5.74, 6) is -0.462. The normalized spacial score (nSPS) is 10.7. The van der Waals surface area contributed by atoms with Crippen molar-refractivity contribution in [3.63, 3.8) is 0 Å². The Bertz CT molecular complexity index is 485. The third-order valence-electron chi connectivity index (χ3n) is 2.63. The SMILES string of the molecule is Cc1nc(CC(C)C)c(NC(=O)N(C)CCC(=O)O)s1. The molecule has 0 aliphatic carbocycles. The Labute approximate surface area is 122 Å². The van der Waals surface area contributed by atoms with E-state index in [0.717, 1.165) is 22.1 Å². The van der Waals surface area contributed by atoms with Crippen molar-refractivity contribution in [2.75, 3.05) is 18.9 Å². The summed E-state index contributed by atoms with van der Waals surface area (Å²) in [6.07, 6.45) is 0.739. The van der Waals surface area contributed by atoms with Gasteiger partial charge in [0.05, 0.1) is 17.1 Å². The van der Waals surface area contributed by atoms with Crippen LogP contribution < -0.4 is 5.32 Å². The van der Waals surface area contributed by atoms with Crippen LogP contribution in [0.1, 0.15) is 31.0 Å². The van der Waals surface area contributed by atoms with Crippen LogP contribution in [0.15, 0.2) is 0 Å². The summed E-state index contributed by atoms with van der Waals surface area (Å²) in [6, 6.07) is -0.306. The number of nitrogens with one attached hydrogen (secondary N) is 1. The number of hydrogen-bond acceptors (Lipinski definition) is 4. The third kappa shape index (κ3) is 5.16. The highest BCUT2D eigenvalue weighted by molar-refractivity contribution is 7.16. The molecule has 1 aromatic heterocycles. The number of aryl methyl sites for hydroxylation is 1. The number of amides is 2. The Morgan fingerprint density at radius 1 is 1.45 bits per heavy atom. The fourth-order valence-electron chi connectivity index (χ4n) is 1.65. The third-order valence-corrected chi connectivity index (χ3v) is 3.56. The van der Waals surface area contributed by atoms with E-state index >= 15 is 0 Å². The molecular weight excluding hydrogens is 278 g/mol. The van der Waals surface area contributed by atoms with E-state index in [2.05, 4.69) is 24.1 Å². The van der Waals surface area contributed by atoms with Gasteiger partial charge in [0.1, 0.15) is 5.00 Å². The topological polar surface area (TPSA) is 82.5 Å². The van der Waals surface area contributed by atoms with Crippen LogP contribution in [0, 0.1) is 12.8 Å². The summed E-state index contributed by atoms with van der Waals surface area (Å²) >= 11 is 1.44. The number of urea groups is 1. The average molecular weight is 299 g/mol. The molecule has 0 radical (unpaired) electrons. The summed E-state index contributed by atoms with van der Waals surface area (Å²) in [6.45, 7) is 6.27. The molecule has 1 heterocycles. The minimum atomic E-state index is -0.918. The second kappa shape index (κ2) is 7.23. The number of carbonyl (C=O) groups is 2. The van der Waals surface area contributed by atoms with Crippen molar-refractivity contribution < 1.29 is 14.7 Å². The molecule has 0 aliphatic heterocycles. The fourth-order valence-corrected chi connectivity index (χ4v) is 2.49. The van der Waals surface area contributed by atoms with Crippen molar-refractivity contribution in [1.82, 2.24) is 9.88 Å². The molecule has 6 nitrogen and oxygen atoms in total. The van der Waals surface area contributed by atoms with Crippen LogP contribution in [-0.2, 0) is 11.2 Å². The number of carboxylic acids is 1. The lowest BCUT2D eigenvalue weighted by Crippen LogP contribution is -2.33. The van der Waals surface area contributed by atoms with E-state index in [4.69, 9.17) is 5.11 Å². The van der Waals surface area contributed by atoms with Crippen LogP contribution in [-0.4, -0.2) is 40.6 Å². The molecule has 0 saturated heterocycles. The molecule has 2 amide bonds. The summed E-state index contributed by atoms with van der Waals surface area (Å²) in [5, 5.41) is 13.1. The summed E-state index contributed by atoms with van der Waals surface area (Å²) < 4.78 is 0. The zero-order valence-electron chi connectivity index (χ0n) is 12.3. The Morgan fingerprint density at radius 2 is 2.10 bits per heavy atom. The van der Waals surface area contributed by atoms with Gasteiger partial charge in [-0.25, -0.2) is 9.78 Å². The minimum absolute atomic E-state index is 0.0650. The standard InChI is InChI=1S/C13H21N3O3S/c1-8(2)7-10-12(20-9(3)14-10)15-13(19)16(4)6-5-11(17)18/h8H,5-7H2,1-4H3,(H,15,19)(H,17,18). The fraction of sp³-hybridized carbons (Fsp3) is 0.615. The van der Waals surface area contributed by atoms with Crippen LogP contribution in [0.5, 0.6) is 0 Å². The minimum Gasteiger partial charge on any atom is -0.481 e. The van der Waals surface area contributed by atoms with Crippen LogP contribution >= 0.6 is 11.3 Å². The molecule has 1 rings (SSSR count). The van der Waals surface area contributed by atoms with Crippen LogP contribution in [0.3, 0.4) is 0 Å². The van der Waals surface area contributed by atoms with E-state index in [1.807, 2.05) is 6.92 Å². The Kier molecular flexibility index (Phi) is 5.94. The summed E-state index contributed by atoms with van der Waals surface area (Å²) in [7, 11) is 1.58. The number of rotatable bonds is 6. The molecule has 0 spiro atoms. The number of thiazole rings is 1. The first kappa shape index (κ1) is 16.4. The summed E-state index contributed by atoms with van der Waals surface area (Å²) in [5.41, 5.74) is 0.891. The van der Waals surface area contributed by atoms with E-state index in [9.17, 15) is 9.59 Å². The van der Waals surface area contributed by atoms with Crippen molar-refractivity contribution >= 4 is 28.3 Å². The number of nitrogens with zero attached hydrogens (tertiary/aromatic N) is 2. The molecule has 0 aliphatic rings. The van der Waals surface area contributed by atoms with Gasteiger partial charge in [-0.05, 0) is 19.3 Å². The van der Waals surface area contributed by atoms with Gasteiger partial charge in [0.15, 0.2) is 0 Å². The van der Waals surface area contributed by atoms with E-state index < -0.39 is 5.97 Å². The smallest absolute Gasteiger partial charge is 0.322 e. The van der Waals surface area contributed by atoms with Crippen molar-refractivity contribution in [3.8, 4) is 0 Å². The largest absolute Gasteiger partial charge is 0.481 e. The summed E-state index contributed by atoms with van der Waals surface area (Å²) in [4.78, 5) is 28.3. The molecule has 7 heteroatoms. The van der Waals surface area contributed by atoms with Crippen LogP contribution in [0.2, 0.25) is 0 Å². The predicted molar refractivity (Wildman–Crippen MR) is 79.3 cm³/mol. The highest BCUT2D eigenvalue weighted by atomic mass is 32.1. The lowest BCUT2D eigenvalue weighted by Gasteiger charge is -2.16.